The van der Waals surface area contributed by atoms with E-state index in [2.05, 4.69) is 67.5 Å². The molecule has 2 amide bonds. The Bertz CT molecular complexity index is 1190. The fourth-order valence-electron chi connectivity index (χ4n) is 4.23. The Morgan fingerprint density at radius 2 is 1.82 bits per heavy atom. The van der Waals surface area contributed by atoms with Crippen molar-refractivity contribution in [2.75, 3.05) is 6.54 Å². The van der Waals surface area contributed by atoms with E-state index in [0.717, 1.165) is 23.0 Å². The maximum Gasteiger partial charge on any atom is 0.315 e. The van der Waals surface area contributed by atoms with Crippen LogP contribution in [0.1, 0.15) is 59.4 Å². The molecule has 1 aromatic heterocycles. The number of nitrogens with one attached hydrogen (secondary N) is 2. The number of benzene rings is 2. The number of urea groups is 1. The smallest absolute Gasteiger partial charge is 0.315 e. The van der Waals surface area contributed by atoms with Crippen molar-refractivity contribution < 1.29 is 9.18 Å². The minimum absolute atomic E-state index is 0.206. The molecule has 1 heterocycles. The number of amides is 2. The van der Waals surface area contributed by atoms with Crippen molar-refractivity contribution in [3.63, 3.8) is 0 Å². The van der Waals surface area contributed by atoms with Crippen molar-refractivity contribution in [3.05, 3.63) is 60.0 Å². The Labute approximate surface area is 202 Å². The zero-order valence-electron chi connectivity index (χ0n) is 20.9. The van der Waals surface area contributed by atoms with E-state index < -0.39 is 5.54 Å². The van der Waals surface area contributed by atoms with E-state index in [1.807, 2.05) is 10.9 Å². The Morgan fingerprint density at radius 3 is 2.44 bits per heavy atom. The molecule has 34 heavy (non-hydrogen) atoms. The van der Waals surface area contributed by atoms with Crippen LogP contribution in [0.3, 0.4) is 0 Å². The third kappa shape index (κ3) is 5.96. The first kappa shape index (κ1) is 25.3. The van der Waals surface area contributed by atoms with Crippen molar-refractivity contribution >= 4 is 16.9 Å². The summed E-state index contributed by atoms with van der Waals surface area (Å²) in [7, 11) is 0. The van der Waals surface area contributed by atoms with Gasteiger partial charge in [-0.15, -0.1) is 6.42 Å². The summed E-state index contributed by atoms with van der Waals surface area (Å²) in [5.74, 6) is 3.00. The van der Waals surface area contributed by atoms with Gasteiger partial charge in [0.05, 0.1) is 22.9 Å². The molecule has 0 saturated carbocycles. The van der Waals surface area contributed by atoms with E-state index in [4.69, 9.17) is 6.42 Å². The number of hydrogen-bond donors (Lipinski definition) is 2. The molecule has 1 atom stereocenters. The molecule has 0 bridgehead atoms. The molecule has 2 aromatic carbocycles. The van der Waals surface area contributed by atoms with Crippen molar-refractivity contribution in [3.8, 4) is 18.0 Å². The van der Waals surface area contributed by atoms with Crippen LogP contribution in [0.4, 0.5) is 9.18 Å². The SMILES string of the molecule is C#CC(C)(C)NC(=O)NCC(C)(C)C(CC(C)C)c1ccc2c(cnn2-c2ccc(F)cc2)c1. The lowest BCUT2D eigenvalue weighted by molar-refractivity contribution is 0.214. The molecular weight excluding hydrogens is 427 g/mol. The van der Waals surface area contributed by atoms with Crippen LogP contribution in [0, 0.1) is 29.5 Å². The number of terminal acetylenes is 1. The molecule has 2 N–H and O–H groups in total. The summed E-state index contributed by atoms with van der Waals surface area (Å²) >= 11 is 0. The Balaban J connectivity index is 1.86. The van der Waals surface area contributed by atoms with E-state index in [9.17, 15) is 9.18 Å². The second-order valence-electron chi connectivity index (χ2n) is 10.6. The number of carbonyl (C=O) groups is 1. The molecule has 5 nitrogen and oxygen atoms in total. The number of aromatic nitrogens is 2. The quantitative estimate of drug-likeness (QED) is 0.402. The molecule has 0 aliphatic carbocycles. The average molecular weight is 463 g/mol. The molecular formula is C28H35FN4O. The maximum absolute atomic E-state index is 13.3. The summed E-state index contributed by atoms with van der Waals surface area (Å²) in [6, 6.07) is 12.4. The van der Waals surface area contributed by atoms with Crippen LogP contribution < -0.4 is 10.6 Å². The van der Waals surface area contributed by atoms with Crippen LogP contribution in [-0.2, 0) is 0 Å². The van der Waals surface area contributed by atoms with Gasteiger partial charge in [0.15, 0.2) is 0 Å². The molecule has 0 aliphatic heterocycles. The topological polar surface area (TPSA) is 59.0 Å². The Morgan fingerprint density at radius 1 is 1.15 bits per heavy atom. The minimum atomic E-state index is -0.707. The molecule has 0 radical (unpaired) electrons. The molecule has 0 saturated heterocycles. The highest BCUT2D eigenvalue weighted by molar-refractivity contribution is 5.81. The molecule has 0 aliphatic rings. The summed E-state index contributed by atoms with van der Waals surface area (Å²) in [5, 5.41) is 11.4. The predicted octanol–water partition coefficient (Wildman–Crippen LogP) is 6.03. The van der Waals surface area contributed by atoms with Gasteiger partial charge in [0.2, 0.25) is 0 Å². The standard InChI is InChI=1S/C28H35FN4O/c1-8-28(6,7)32-26(34)30-18-27(4,5)24(15-19(2)3)20-9-14-25-21(16-20)17-31-33(25)23-12-10-22(29)11-13-23/h1,9-14,16-17,19,24H,15,18H2,2-7H3,(H2,30,32,34). The van der Waals surface area contributed by atoms with E-state index in [0.29, 0.717) is 12.5 Å². The van der Waals surface area contributed by atoms with Gasteiger partial charge >= 0.3 is 6.03 Å². The first-order valence-electron chi connectivity index (χ1n) is 11.7. The molecule has 1 unspecified atom stereocenters. The summed E-state index contributed by atoms with van der Waals surface area (Å²) < 4.78 is 15.2. The van der Waals surface area contributed by atoms with E-state index in [-0.39, 0.29) is 23.2 Å². The molecule has 0 spiro atoms. The second kappa shape index (κ2) is 9.89. The summed E-state index contributed by atoms with van der Waals surface area (Å²) in [4.78, 5) is 12.4. The number of rotatable bonds is 8. The van der Waals surface area contributed by atoms with E-state index in [1.165, 1.54) is 17.7 Å². The lowest BCUT2D eigenvalue weighted by Gasteiger charge is -2.36. The third-order valence-electron chi connectivity index (χ3n) is 6.21. The average Bonchev–Trinajstić information content (AvgIpc) is 3.19. The lowest BCUT2D eigenvalue weighted by Crippen LogP contribution is -2.50. The van der Waals surface area contributed by atoms with Crippen molar-refractivity contribution in [2.24, 2.45) is 11.3 Å². The Hall–Kier alpha value is -3.33. The van der Waals surface area contributed by atoms with E-state index >= 15 is 0 Å². The van der Waals surface area contributed by atoms with E-state index in [1.54, 1.807) is 26.0 Å². The van der Waals surface area contributed by atoms with Crippen molar-refractivity contribution in [1.29, 1.82) is 0 Å². The van der Waals surface area contributed by atoms with Crippen molar-refractivity contribution in [2.45, 2.75) is 59.4 Å². The van der Waals surface area contributed by atoms with Gasteiger partial charge in [0.1, 0.15) is 5.82 Å². The fourth-order valence-corrected chi connectivity index (χ4v) is 4.23. The zero-order chi connectivity index (χ0) is 25.1. The number of carbonyl (C=O) groups excluding carboxylic acids is 1. The van der Waals surface area contributed by atoms with Gasteiger partial charge in [-0.2, -0.15) is 5.10 Å². The number of halogens is 1. The highest BCUT2D eigenvalue weighted by atomic mass is 19.1. The van der Waals surface area contributed by atoms with Gasteiger partial charge in [-0.1, -0.05) is 39.7 Å². The third-order valence-corrected chi connectivity index (χ3v) is 6.21. The normalized spacial score (nSPS) is 13.0. The summed E-state index contributed by atoms with van der Waals surface area (Å²) in [5.41, 5.74) is 2.07. The second-order valence-corrected chi connectivity index (χ2v) is 10.6. The molecule has 6 heteroatoms. The first-order chi connectivity index (χ1) is 15.9. The first-order valence-corrected chi connectivity index (χ1v) is 11.7. The van der Waals surface area contributed by atoms with Gasteiger partial charge in [0, 0.05) is 11.9 Å². The summed E-state index contributed by atoms with van der Waals surface area (Å²) in [6.45, 7) is 12.9. The highest BCUT2D eigenvalue weighted by Crippen LogP contribution is 2.41. The molecule has 3 aromatic rings. The monoisotopic (exact) mass is 462 g/mol. The van der Waals surface area contributed by atoms with Crippen molar-refractivity contribution in [1.82, 2.24) is 20.4 Å². The number of nitrogens with zero attached hydrogens (tertiary/aromatic N) is 2. The molecule has 0 fully saturated rings. The highest BCUT2D eigenvalue weighted by Gasteiger charge is 2.32. The zero-order valence-corrected chi connectivity index (χ0v) is 20.9. The number of hydrogen-bond acceptors (Lipinski definition) is 2. The largest absolute Gasteiger partial charge is 0.338 e. The molecule has 3 rings (SSSR count). The fraction of sp³-hybridized carbons (Fsp3) is 0.429. The minimum Gasteiger partial charge on any atom is -0.338 e. The van der Waals surface area contributed by atoms with Gasteiger partial charge < -0.3 is 10.6 Å². The van der Waals surface area contributed by atoms with Crippen LogP contribution in [0.15, 0.2) is 48.7 Å². The van der Waals surface area contributed by atoms with Gasteiger partial charge in [-0.05, 0) is 79.5 Å². The van der Waals surface area contributed by atoms with Crippen LogP contribution >= 0.6 is 0 Å². The van der Waals surface area contributed by atoms with Gasteiger partial charge in [0.25, 0.3) is 0 Å². The van der Waals surface area contributed by atoms with Crippen LogP contribution in [0.25, 0.3) is 16.6 Å². The molecule has 180 valence electrons. The lowest BCUT2D eigenvalue weighted by atomic mass is 9.71. The summed E-state index contributed by atoms with van der Waals surface area (Å²) in [6.07, 6.45) is 8.31. The van der Waals surface area contributed by atoms with Crippen LogP contribution in [-0.4, -0.2) is 27.9 Å². The Kier molecular flexibility index (Phi) is 7.35. The number of fused-ring (bicyclic) bond motifs is 1. The van der Waals surface area contributed by atoms with Crippen LogP contribution in [0.5, 0.6) is 0 Å². The van der Waals surface area contributed by atoms with Gasteiger partial charge in [-0.25, -0.2) is 13.9 Å². The maximum atomic E-state index is 13.3. The predicted molar refractivity (Wildman–Crippen MR) is 136 cm³/mol. The van der Waals surface area contributed by atoms with Gasteiger partial charge in [-0.3, -0.25) is 0 Å². The van der Waals surface area contributed by atoms with Crippen LogP contribution in [0.2, 0.25) is 0 Å².